The largest absolute Gasteiger partial charge is 0.321 e. The summed E-state index contributed by atoms with van der Waals surface area (Å²) in [5.41, 5.74) is 3.59. The SMILES string of the molecule is CCc1cccc(C)c1NC(=O)c1ccccc1S[C@H]1CCS(=O)(=O)C1. The second kappa shape index (κ2) is 7.84. The molecule has 0 saturated carbocycles. The lowest BCUT2D eigenvalue weighted by atomic mass is 10.1. The van der Waals surface area contributed by atoms with Gasteiger partial charge in [0.25, 0.3) is 5.91 Å². The summed E-state index contributed by atoms with van der Waals surface area (Å²) in [6.45, 7) is 4.05. The molecule has 1 atom stereocenters. The van der Waals surface area contributed by atoms with Crippen molar-refractivity contribution < 1.29 is 13.2 Å². The summed E-state index contributed by atoms with van der Waals surface area (Å²) in [5.74, 6) is 0.269. The second-order valence-corrected chi connectivity index (χ2v) is 10.1. The Bertz CT molecular complexity index is 922. The van der Waals surface area contributed by atoms with Crippen LogP contribution >= 0.6 is 11.8 Å². The van der Waals surface area contributed by atoms with E-state index in [9.17, 15) is 13.2 Å². The number of sulfone groups is 1. The Hall–Kier alpha value is -1.79. The summed E-state index contributed by atoms with van der Waals surface area (Å²) < 4.78 is 23.4. The van der Waals surface area contributed by atoms with Crippen molar-refractivity contribution in [1.82, 2.24) is 0 Å². The Morgan fingerprint density at radius 1 is 1.19 bits per heavy atom. The summed E-state index contributed by atoms with van der Waals surface area (Å²) in [6, 6.07) is 13.4. The van der Waals surface area contributed by atoms with Crippen LogP contribution in [0.5, 0.6) is 0 Å². The molecule has 0 aliphatic carbocycles. The minimum Gasteiger partial charge on any atom is -0.321 e. The quantitative estimate of drug-likeness (QED) is 0.837. The monoisotopic (exact) mass is 389 g/mol. The lowest BCUT2D eigenvalue weighted by Gasteiger charge is -2.15. The predicted molar refractivity (Wildman–Crippen MR) is 108 cm³/mol. The average molecular weight is 390 g/mol. The number of para-hydroxylation sites is 1. The number of thioether (sulfide) groups is 1. The molecule has 6 heteroatoms. The van der Waals surface area contributed by atoms with Crippen molar-refractivity contribution in [3.8, 4) is 0 Å². The minimum absolute atomic E-state index is 0.0126. The first kappa shape index (κ1) is 19.0. The zero-order valence-electron chi connectivity index (χ0n) is 15.0. The van der Waals surface area contributed by atoms with E-state index in [1.165, 1.54) is 11.8 Å². The molecule has 0 unspecified atom stereocenters. The molecule has 0 radical (unpaired) electrons. The predicted octanol–water partition coefficient (Wildman–Crippen LogP) is 4.09. The van der Waals surface area contributed by atoms with Crippen molar-refractivity contribution in [2.45, 2.75) is 36.8 Å². The highest BCUT2D eigenvalue weighted by molar-refractivity contribution is 8.02. The van der Waals surface area contributed by atoms with E-state index < -0.39 is 9.84 Å². The second-order valence-electron chi connectivity index (χ2n) is 6.56. The van der Waals surface area contributed by atoms with Crippen LogP contribution in [-0.2, 0) is 16.3 Å². The lowest BCUT2D eigenvalue weighted by Crippen LogP contribution is -2.16. The van der Waals surface area contributed by atoms with Crippen molar-refractivity contribution in [2.75, 3.05) is 16.8 Å². The van der Waals surface area contributed by atoms with Gasteiger partial charge in [-0.15, -0.1) is 11.8 Å². The first-order valence-electron chi connectivity index (χ1n) is 8.75. The first-order chi connectivity index (χ1) is 12.4. The highest BCUT2D eigenvalue weighted by atomic mass is 32.2. The fraction of sp³-hybridized carbons (Fsp3) is 0.350. The van der Waals surface area contributed by atoms with Crippen LogP contribution in [0.3, 0.4) is 0 Å². The van der Waals surface area contributed by atoms with E-state index in [0.717, 1.165) is 28.1 Å². The van der Waals surface area contributed by atoms with Gasteiger partial charge < -0.3 is 5.32 Å². The number of nitrogens with one attached hydrogen (secondary N) is 1. The molecule has 0 aromatic heterocycles. The minimum atomic E-state index is -2.93. The van der Waals surface area contributed by atoms with E-state index in [-0.39, 0.29) is 22.7 Å². The molecule has 1 saturated heterocycles. The van der Waals surface area contributed by atoms with Crippen LogP contribution in [0.2, 0.25) is 0 Å². The molecule has 26 heavy (non-hydrogen) atoms. The Kier molecular flexibility index (Phi) is 5.73. The number of amides is 1. The molecule has 0 bridgehead atoms. The van der Waals surface area contributed by atoms with Crippen molar-refractivity contribution in [3.05, 3.63) is 59.2 Å². The molecular weight excluding hydrogens is 366 g/mol. The molecule has 4 nitrogen and oxygen atoms in total. The Morgan fingerprint density at radius 3 is 2.65 bits per heavy atom. The fourth-order valence-corrected chi connectivity index (χ4v) is 6.80. The van der Waals surface area contributed by atoms with Crippen LogP contribution in [0.15, 0.2) is 47.4 Å². The zero-order valence-corrected chi connectivity index (χ0v) is 16.6. The van der Waals surface area contributed by atoms with E-state index >= 15 is 0 Å². The number of aryl methyl sites for hydroxylation is 2. The van der Waals surface area contributed by atoms with Gasteiger partial charge in [-0.05, 0) is 43.0 Å². The van der Waals surface area contributed by atoms with Gasteiger partial charge in [-0.1, -0.05) is 37.3 Å². The van der Waals surface area contributed by atoms with Gasteiger partial charge in [0.05, 0.1) is 17.1 Å². The highest BCUT2D eigenvalue weighted by Crippen LogP contribution is 2.33. The Labute approximate surface area is 159 Å². The topological polar surface area (TPSA) is 63.2 Å². The van der Waals surface area contributed by atoms with E-state index in [1.54, 1.807) is 6.07 Å². The third-order valence-corrected chi connectivity index (χ3v) is 7.92. The van der Waals surface area contributed by atoms with Gasteiger partial charge in [-0.3, -0.25) is 4.79 Å². The van der Waals surface area contributed by atoms with E-state index in [2.05, 4.69) is 12.2 Å². The van der Waals surface area contributed by atoms with Crippen LogP contribution in [0.4, 0.5) is 5.69 Å². The van der Waals surface area contributed by atoms with E-state index in [4.69, 9.17) is 0 Å². The van der Waals surface area contributed by atoms with Gasteiger partial charge in [-0.25, -0.2) is 8.42 Å². The van der Waals surface area contributed by atoms with Crippen LogP contribution in [0.1, 0.15) is 34.8 Å². The number of carbonyl (C=O) groups is 1. The standard InChI is InChI=1S/C20H23NO3S2/c1-3-15-8-6-7-14(2)19(15)21-20(22)17-9-4-5-10-18(17)25-16-11-12-26(23,24)13-16/h4-10,16H,3,11-13H2,1-2H3,(H,21,22)/t16-/m0/s1. The zero-order chi connectivity index (χ0) is 18.7. The van der Waals surface area contributed by atoms with Crippen molar-refractivity contribution in [3.63, 3.8) is 0 Å². The van der Waals surface area contributed by atoms with E-state index in [1.807, 2.05) is 43.3 Å². The van der Waals surface area contributed by atoms with Crippen molar-refractivity contribution in [1.29, 1.82) is 0 Å². The fourth-order valence-electron chi connectivity index (χ4n) is 3.17. The highest BCUT2D eigenvalue weighted by Gasteiger charge is 2.29. The third kappa shape index (κ3) is 4.30. The molecule has 1 aliphatic heterocycles. The number of benzene rings is 2. The number of hydrogen-bond donors (Lipinski definition) is 1. The van der Waals surface area contributed by atoms with Gasteiger partial charge in [0.15, 0.2) is 9.84 Å². The average Bonchev–Trinajstić information content (AvgIpc) is 2.95. The lowest BCUT2D eigenvalue weighted by molar-refractivity contribution is 0.102. The smallest absolute Gasteiger partial charge is 0.256 e. The maximum atomic E-state index is 12.9. The molecule has 1 amide bonds. The molecule has 0 spiro atoms. The summed E-state index contributed by atoms with van der Waals surface area (Å²) >= 11 is 1.49. The first-order valence-corrected chi connectivity index (χ1v) is 11.5. The van der Waals surface area contributed by atoms with Gasteiger partial charge in [0.2, 0.25) is 0 Å². The Balaban J connectivity index is 1.83. The van der Waals surface area contributed by atoms with Crippen molar-refractivity contribution >= 4 is 33.2 Å². The number of rotatable bonds is 5. The molecule has 1 fully saturated rings. The molecule has 1 heterocycles. The molecule has 138 valence electrons. The van der Waals surface area contributed by atoms with Crippen molar-refractivity contribution in [2.24, 2.45) is 0 Å². The summed E-state index contributed by atoms with van der Waals surface area (Å²) in [6.07, 6.45) is 1.48. The van der Waals surface area contributed by atoms with Gasteiger partial charge in [-0.2, -0.15) is 0 Å². The number of anilines is 1. The molecule has 3 rings (SSSR count). The third-order valence-electron chi connectivity index (χ3n) is 4.59. The van der Waals surface area contributed by atoms with Gasteiger partial charge >= 0.3 is 0 Å². The summed E-state index contributed by atoms with van der Waals surface area (Å²) in [4.78, 5) is 13.7. The van der Waals surface area contributed by atoms with Crippen LogP contribution in [0.25, 0.3) is 0 Å². The molecule has 2 aromatic carbocycles. The maximum Gasteiger partial charge on any atom is 0.256 e. The maximum absolute atomic E-state index is 12.9. The van der Waals surface area contributed by atoms with E-state index in [0.29, 0.717) is 12.0 Å². The van der Waals surface area contributed by atoms with Gasteiger partial charge in [0.1, 0.15) is 0 Å². The number of carbonyl (C=O) groups excluding carboxylic acids is 1. The van der Waals surface area contributed by atoms with Gasteiger partial charge in [0, 0.05) is 15.8 Å². The molecule has 1 aliphatic rings. The molecule has 1 N–H and O–H groups in total. The summed E-state index contributed by atoms with van der Waals surface area (Å²) in [5, 5.41) is 3.07. The molecule has 2 aromatic rings. The summed E-state index contributed by atoms with van der Waals surface area (Å²) in [7, 11) is -2.93. The van der Waals surface area contributed by atoms with Crippen LogP contribution < -0.4 is 5.32 Å². The van der Waals surface area contributed by atoms with Crippen LogP contribution in [0, 0.1) is 6.92 Å². The van der Waals surface area contributed by atoms with Crippen LogP contribution in [-0.4, -0.2) is 31.1 Å². The Morgan fingerprint density at radius 2 is 1.96 bits per heavy atom. The normalized spacial score (nSPS) is 18.6. The number of hydrogen-bond acceptors (Lipinski definition) is 4. The molecular formula is C20H23NO3S2.